The van der Waals surface area contributed by atoms with Crippen LogP contribution < -0.4 is 0 Å². The highest BCUT2D eigenvalue weighted by atomic mass is 19.1. The monoisotopic (exact) mass is 139 g/mol. The van der Waals surface area contributed by atoms with Crippen molar-refractivity contribution in [1.82, 2.24) is 0 Å². The molecule has 0 fully saturated rings. The normalized spacial score (nSPS) is 9.80. The topological polar surface area (TPSA) is 9.23 Å². The molecule has 1 aromatic rings. The average molecular weight is 139 g/mol. The van der Waals surface area contributed by atoms with Gasteiger partial charge in [0.15, 0.2) is 0 Å². The molecule has 0 aromatic heterocycles. The van der Waals surface area contributed by atoms with Crippen LogP contribution in [0.4, 0.5) is 4.39 Å². The van der Waals surface area contributed by atoms with E-state index in [4.69, 9.17) is 4.74 Å². The van der Waals surface area contributed by atoms with E-state index in [9.17, 15) is 4.39 Å². The summed E-state index contributed by atoms with van der Waals surface area (Å²) in [6.07, 6.45) is 0. The van der Waals surface area contributed by atoms with Crippen LogP contribution in [0.3, 0.4) is 0 Å². The lowest BCUT2D eigenvalue weighted by Gasteiger charge is -1.96. The zero-order chi connectivity index (χ0) is 7.40. The fourth-order valence-electron chi connectivity index (χ4n) is 0.723. The van der Waals surface area contributed by atoms with Crippen LogP contribution in [-0.2, 0) is 11.3 Å². The second kappa shape index (κ2) is 3.32. The van der Waals surface area contributed by atoms with E-state index in [-0.39, 0.29) is 5.82 Å². The first-order chi connectivity index (χ1) is 4.83. The third kappa shape index (κ3) is 1.81. The van der Waals surface area contributed by atoms with E-state index in [0.717, 1.165) is 5.56 Å². The molecule has 1 aromatic carbocycles. The first-order valence-corrected chi connectivity index (χ1v) is 2.98. The smallest absolute Gasteiger partial charge is 0.123 e. The van der Waals surface area contributed by atoms with E-state index in [1.165, 1.54) is 12.1 Å². The predicted octanol–water partition coefficient (Wildman–Crippen LogP) is 1.77. The van der Waals surface area contributed by atoms with Crippen LogP contribution in [0.5, 0.6) is 0 Å². The molecule has 0 aliphatic rings. The van der Waals surface area contributed by atoms with Crippen molar-refractivity contribution in [2.24, 2.45) is 0 Å². The highest BCUT2D eigenvalue weighted by Crippen LogP contribution is 2.02. The molecule has 0 heterocycles. The molecule has 0 amide bonds. The van der Waals surface area contributed by atoms with Gasteiger partial charge in [-0.1, -0.05) is 6.07 Å². The van der Waals surface area contributed by atoms with Gasteiger partial charge >= 0.3 is 0 Å². The third-order valence-corrected chi connectivity index (χ3v) is 1.12. The van der Waals surface area contributed by atoms with Crippen molar-refractivity contribution < 1.29 is 9.13 Å². The molecular formula is C8H8FO. The Hall–Kier alpha value is -0.890. The Bertz CT molecular complexity index is 210. The first kappa shape index (κ1) is 7.22. The molecule has 0 N–H and O–H groups in total. The van der Waals surface area contributed by atoms with Gasteiger partial charge in [-0.25, -0.2) is 4.39 Å². The van der Waals surface area contributed by atoms with Crippen molar-refractivity contribution in [1.29, 1.82) is 0 Å². The second-order valence-corrected chi connectivity index (χ2v) is 1.97. The Labute approximate surface area is 59.4 Å². The van der Waals surface area contributed by atoms with Gasteiger partial charge in [0, 0.05) is 7.11 Å². The second-order valence-electron chi connectivity index (χ2n) is 1.97. The molecule has 0 unspecified atom stereocenters. The number of benzene rings is 1. The Balaban J connectivity index is 2.75. The number of ether oxygens (including phenoxy) is 1. The van der Waals surface area contributed by atoms with Crippen LogP contribution in [0, 0.1) is 11.9 Å². The van der Waals surface area contributed by atoms with E-state index in [2.05, 4.69) is 6.07 Å². The maximum absolute atomic E-state index is 12.4. The molecule has 0 spiro atoms. The van der Waals surface area contributed by atoms with Gasteiger partial charge in [0.1, 0.15) is 5.82 Å². The van der Waals surface area contributed by atoms with Crippen LogP contribution in [0.1, 0.15) is 5.56 Å². The standard InChI is InChI=1S/C8H8FO/c1-10-6-7-3-2-4-8(9)5-7/h2,4-5H,6H2,1H3. The number of methoxy groups -OCH3 is 1. The van der Waals surface area contributed by atoms with Crippen molar-refractivity contribution in [3.63, 3.8) is 0 Å². The minimum absolute atomic E-state index is 0.245. The number of rotatable bonds is 2. The summed E-state index contributed by atoms with van der Waals surface area (Å²) in [5, 5.41) is 0. The molecular weight excluding hydrogens is 131 g/mol. The summed E-state index contributed by atoms with van der Waals surface area (Å²) in [7, 11) is 1.57. The van der Waals surface area contributed by atoms with Crippen molar-refractivity contribution >= 4 is 0 Å². The van der Waals surface area contributed by atoms with E-state index >= 15 is 0 Å². The van der Waals surface area contributed by atoms with Crippen LogP contribution in [0.25, 0.3) is 0 Å². The van der Waals surface area contributed by atoms with Gasteiger partial charge in [0.05, 0.1) is 6.61 Å². The first-order valence-electron chi connectivity index (χ1n) is 2.98. The van der Waals surface area contributed by atoms with Gasteiger partial charge in [-0.15, -0.1) is 0 Å². The van der Waals surface area contributed by atoms with E-state index in [1.807, 2.05) is 0 Å². The molecule has 2 heteroatoms. The van der Waals surface area contributed by atoms with Crippen molar-refractivity contribution in [2.75, 3.05) is 7.11 Å². The summed E-state index contributed by atoms with van der Waals surface area (Å²) >= 11 is 0. The third-order valence-electron chi connectivity index (χ3n) is 1.12. The van der Waals surface area contributed by atoms with E-state index < -0.39 is 0 Å². The SMILES string of the molecule is COCc1[c]ccc(F)c1. The number of halogens is 1. The van der Waals surface area contributed by atoms with E-state index in [0.29, 0.717) is 6.61 Å². The Kier molecular flexibility index (Phi) is 2.40. The van der Waals surface area contributed by atoms with Gasteiger partial charge in [0.25, 0.3) is 0 Å². The summed E-state index contributed by atoms with van der Waals surface area (Å²) in [5.41, 5.74) is 0.738. The predicted molar refractivity (Wildman–Crippen MR) is 35.9 cm³/mol. The zero-order valence-electron chi connectivity index (χ0n) is 5.73. The summed E-state index contributed by atoms with van der Waals surface area (Å²) < 4.78 is 17.2. The fourth-order valence-corrected chi connectivity index (χ4v) is 0.723. The summed E-state index contributed by atoms with van der Waals surface area (Å²) in [5.74, 6) is -0.245. The molecule has 0 bridgehead atoms. The lowest BCUT2D eigenvalue weighted by molar-refractivity contribution is 0.184. The largest absolute Gasteiger partial charge is 0.380 e. The molecule has 53 valence electrons. The summed E-state index contributed by atoms with van der Waals surface area (Å²) in [4.78, 5) is 0. The molecule has 1 radical (unpaired) electrons. The van der Waals surface area contributed by atoms with Crippen molar-refractivity contribution in [2.45, 2.75) is 6.61 Å². The van der Waals surface area contributed by atoms with Gasteiger partial charge in [-0.05, 0) is 23.8 Å². The Morgan fingerprint density at radius 3 is 3.10 bits per heavy atom. The summed E-state index contributed by atoms with van der Waals surface area (Å²) in [6.45, 7) is 0.414. The van der Waals surface area contributed by atoms with Crippen LogP contribution in [0.15, 0.2) is 18.2 Å². The van der Waals surface area contributed by atoms with Gasteiger partial charge < -0.3 is 4.74 Å². The molecule has 0 saturated carbocycles. The van der Waals surface area contributed by atoms with Gasteiger partial charge in [-0.2, -0.15) is 0 Å². The molecule has 0 atom stereocenters. The zero-order valence-corrected chi connectivity index (χ0v) is 5.73. The summed E-state index contributed by atoms with van der Waals surface area (Å²) in [6, 6.07) is 7.16. The lowest BCUT2D eigenvalue weighted by Crippen LogP contribution is -1.87. The van der Waals surface area contributed by atoms with Crippen LogP contribution in [0.2, 0.25) is 0 Å². The van der Waals surface area contributed by atoms with Crippen molar-refractivity contribution in [3.05, 3.63) is 35.6 Å². The highest BCUT2D eigenvalue weighted by Gasteiger charge is 1.92. The lowest BCUT2D eigenvalue weighted by atomic mass is 10.2. The maximum Gasteiger partial charge on any atom is 0.123 e. The van der Waals surface area contributed by atoms with Crippen LogP contribution >= 0.6 is 0 Å². The Morgan fingerprint density at radius 2 is 2.50 bits per heavy atom. The number of hydrogen-bond donors (Lipinski definition) is 0. The van der Waals surface area contributed by atoms with Gasteiger partial charge in [-0.3, -0.25) is 0 Å². The minimum Gasteiger partial charge on any atom is -0.380 e. The molecule has 1 nitrogen and oxygen atoms in total. The van der Waals surface area contributed by atoms with Gasteiger partial charge in [0.2, 0.25) is 0 Å². The molecule has 0 saturated heterocycles. The average Bonchev–Trinajstić information content (AvgIpc) is 1.88. The van der Waals surface area contributed by atoms with Crippen LogP contribution in [-0.4, -0.2) is 7.11 Å². The molecule has 10 heavy (non-hydrogen) atoms. The molecule has 1 rings (SSSR count). The fraction of sp³-hybridized carbons (Fsp3) is 0.250. The Morgan fingerprint density at radius 1 is 1.70 bits per heavy atom. The minimum atomic E-state index is -0.245. The highest BCUT2D eigenvalue weighted by molar-refractivity contribution is 5.13. The molecule has 0 aliphatic heterocycles. The molecule has 0 aliphatic carbocycles. The van der Waals surface area contributed by atoms with Crippen molar-refractivity contribution in [3.8, 4) is 0 Å². The quantitative estimate of drug-likeness (QED) is 0.606. The number of hydrogen-bond acceptors (Lipinski definition) is 1. The van der Waals surface area contributed by atoms with E-state index in [1.54, 1.807) is 13.2 Å². The maximum atomic E-state index is 12.4.